The summed E-state index contributed by atoms with van der Waals surface area (Å²) in [6.45, 7) is 0. The predicted octanol–water partition coefficient (Wildman–Crippen LogP) is 3.37. The molecule has 0 unspecified atom stereocenters. The van der Waals surface area contributed by atoms with Gasteiger partial charge >= 0.3 is 12.1 Å². The molecule has 0 bridgehead atoms. The van der Waals surface area contributed by atoms with Crippen LogP contribution in [0.3, 0.4) is 0 Å². The van der Waals surface area contributed by atoms with Crippen molar-refractivity contribution >= 4 is 5.97 Å². The minimum atomic E-state index is -4.30. The second kappa shape index (κ2) is 4.63. The van der Waals surface area contributed by atoms with Crippen LogP contribution in [0.2, 0.25) is 0 Å². The fraction of sp³-hybridized carbons (Fsp3) is 0.462. The van der Waals surface area contributed by atoms with E-state index in [4.69, 9.17) is 0 Å². The topological polar surface area (TPSA) is 26.3 Å². The summed E-state index contributed by atoms with van der Waals surface area (Å²) < 4.78 is 41.7. The van der Waals surface area contributed by atoms with Gasteiger partial charge in [0.15, 0.2) is 0 Å². The third kappa shape index (κ3) is 2.83. The molecule has 98 valence electrons. The molecule has 0 heterocycles. The van der Waals surface area contributed by atoms with Crippen LogP contribution in [0.4, 0.5) is 13.2 Å². The van der Waals surface area contributed by atoms with E-state index in [0.717, 1.165) is 24.1 Å². The van der Waals surface area contributed by atoms with Crippen LogP contribution in [-0.4, -0.2) is 13.1 Å². The van der Waals surface area contributed by atoms with E-state index < -0.39 is 11.7 Å². The van der Waals surface area contributed by atoms with E-state index in [2.05, 4.69) is 4.74 Å². The van der Waals surface area contributed by atoms with Crippen molar-refractivity contribution in [2.24, 2.45) is 5.92 Å². The fourth-order valence-electron chi connectivity index (χ4n) is 2.10. The number of carbonyl (C=O) groups is 1. The lowest BCUT2D eigenvalue weighted by atomic mass is 10.1. The minimum Gasteiger partial charge on any atom is -0.469 e. The highest BCUT2D eigenvalue weighted by molar-refractivity contribution is 5.70. The number of carbonyl (C=O) groups excluding carboxylic acids is 1. The highest BCUT2D eigenvalue weighted by Crippen LogP contribution is 2.49. The van der Waals surface area contributed by atoms with E-state index in [-0.39, 0.29) is 17.8 Å². The normalized spacial score (nSPS) is 22.7. The molecule has 0 aromatic heterocycles. The molecule has 0 saturated heterocycles. The number of benzene rings is 1. The van der Waals surface area contributed by atoms with Crippen molar-refractivity contribution in [1.82, 2.24) is 0 Å². The summed E-state index contributed by atoms with van der Waals surface area (Å²) in [5.74, 6) is 0.120. The summed E-state index contributed by atoms with van der Waals surface area (Å²) in [4.78, 5) is 11.1. The Morgan fingerprint density at radius 3 is 2.44 bits per heavy atom. The van der Waals surface area contributed by atoms with Crippen molar-refractivity contribution in [3.8, 4) is 0 Å². The Kier molecular flexibility index (Phi) is 3.32. The van der Waals surface area contributed by atoms with E-state index in [9.17, 15) is 18.0 Å². The van der Waals surface area contributed by atoms with Crippen LogP contribution in [0, 0.1) is 5.92 Å². The van der Waals surface area contributed by atoms with E-state index in [1.54, 1.807) is 0 Å². The Balaban J connectivity index is 1.98. The molecule has 1 aromatic carbocycles. The second-order valence-corrected chi connectivity index (χ2v) is 4.50. The van der Waals surface area contributed by atoms with Gasteiger partial charge in [-0.15, -0.1) is 0 Å². The molecular weight excluding hydrogens is 245 g/mol. The molecule has 1 aliphatic carbocycles. The summed E-state index contributed by atoms with van der Waals surface area (Å²) in [5, 5.41) is 0. The lowest BCUT2D eigenvalue weighted by Crippen LogP contribution is -2.04. The molecule has 0 aliphatic heterocycles. The first kappa shape index (κ1) is 12.9. The van der Waals surface area contributed by atoms with Gasteiger partial charge in [-0.3, -0.25) is 4.79 Å². The Morgan fingerprint density at radius 1 is 1.33 bits per heavy atom. The first-order valence-electron chi connectivity index (χ1n) is 5.66. The van der Waals surface area contributed by atoms with Crippen LogP contribution in [0.1, 0.15) is 29.9 Å². The Bertz CT molecular complexity index is 437. The number of rotatable bonds is 3. The summed E-state index contributed by atoms with van der Waals surface area (Å²) in [7, 11) is 1.33. The average molecular weight is 258 g/mol. The number of esters is 1. The smallest absolute Gasteiger partial charge is 0.416 e. The number of methoxy groups -OCH3 is 1. The predicted molar refractivity (Wildman–Crippen MR) is 58.9 cm³/mol. The molecular formula is C13H13F3O2. The standard InChI is InChI=1S/C13H13F3O2/c1-18-12(17)7-9-6-11(9)8-2-4-10(5-3-8)13(14,15)16/h2-5,9,11H,6-7H2,1H3/t9-,11-/m1/s1. The van der Waals surface area contributed by atoms with E-state index in [1.165, 1.54) is 19.2 Å². The molecule has 1 saturated carbocycles. The highest BCUT2D eigenvalue weighted by atomic mass is 19.4. The summed E-state index contributed by atoms with van der Waals surface area (Å²) in [6.07, 6.45) is -3.13. The summed E-state index contributed by atoms with van der Waals surface area (Å²) in [5.41, 5.74) is 0.216. The molecule has 0 amide bonds. The molecule has 5 heteroatoms. The van der Waals surface area contributed by atoms with Crippen molar-refractivity contribution in [2.75, 3.05) is 7.11 Å². The van der Waals surface area contributed by atoms with Gasteiger partial charge in [-0.2, -0.15) is 13.2 Å². The van der Waals surface area contributed by atoms with Gasteiger partial charge in [0.05, 0.1) is 12.7 Å². The van der Waals surface area contributed by atoms with Crippen LogP contribution >= 0.6 is 0 Å². The SMILES string of the molecule is COC(=O)C[C@H]1C[C@@H]1c1ccc(C(F)(F)F)cc1. The molecule has 0 radical (unpaired) electrons. The number of hydrogen-bond donors (Lipinski definition) is 0. The quantitative estimate of drug-likeness (QED) is 0.777. The van der Waals surface area contributed by atoms with E-state index >= 15 is 0 Å². The molecule has 2 nitrogen and oxygen atoms in total. The molecule has 1 fully saturated rings. The van der Waals surface area contributed by atoms with Crippen LogP contribution in [0.5, 0.6) is 0 Å². The van der Waals surface area contributed by atoms with Crippen molar-refractivity contribution < 1.29 is 22.7 Å². The van der Waals surface area contributed by atoms with Crippen LogP contribution in [-0.2, 0) is 15.7 Å². The van der Waals surface area contributed by atoms with E-state index in [0.29, 0.717) is 6.42 Å². The van der Waals surface area contributed by atoms with Crippen molar-refractivity contribution in [3.63, 3.8) is 0 Å². The Morgan fingerprint density at radius 2 is 1.94 bits per heavy atom. The van der Waals surface area contributed by atoms with Gasteiger partial charge in [-0.25, -0.2) is 0 Å². The second-order valence-electron chi connectivity index (χ2n) is 4.50. The molecule has 1 aliphatic rings. The molecule has 18 heavy (non-hydrogen) atoms. The first-order chi connectivity index (χ1) is 8.41. The fourth-order valence-corrected chi connectivity index (χ4v) is 2.10. The summed E-state index contributed by atoms with van der Waals surface area (Å²) >= 11 is 0. The minimum absolute atomic E-state index is 0.186. The van der Waals surface area contributed by atoms with Crippen molar-refractivity contribution in [2.45, 2.75) is 24.9 Å². The largest absolute Gasteiger partial charge is 0.469 e. The monoisotopic (exact) mass is 258 g/mol. The lowest BCUT2D eigenvalue weighted by Gasteiger charge is -2.07. The van der Waals surface area contributed by atoms with Gasteiger partial charge in [0.1, 0.15) is 0 Å². The van der Waals surface area contributed by atoms with Gasteiger partial charge in [-0.05, 0) is 36.0 Å². The van der Waals surface area contributed by atoms with Crippen LogP contribution in [0.25, 0.3) is 0 Å². The van der Waals surface area contributed by atoms with Gasteiger partial charge < -0.3 is 4.74 Å². The zero-order valence-corrected chi connectivity index (χ0v) is 9.83. The maximum Gasteiger partial charge on any atom is 0.416 e. The number of alkyl halides is 3. The third-order valence-corrected chi connectivity index (χ3v) is 3.25. The highest BCUT2D eigenvalue weighted by Gasteiger charge is 2.40. The lowest BCUT2D eigenvalue weighted by molar-refractivity contribution is -0.141. The van der Waals surface area contributed by atoms with Gasteiger partial charge in [0.25, 0.3) is 0 Å². The van der Waals surface area contributed by atoms with Crippen molar-refractivity contribution in [3.05, 3.63) is 35.4 Å². The zero-order chi connectivity index (χ0) is 13.3. The van der Waals surface area contributed by atoms with Gasteiger partial charge in [-0.1, -0.05) is 12.1 Å². The maximum atomic E-state index is 12.4. The van der Waals surface area contributed by atoms with Gasteiger partial charge in [0.2, 0.25) is 0 Å². The first-order valence-corrected chi connectivity index (χ1v) is 5.66. The maximum absolute atomic E-state index is 12.4. The average Bonchev–Trinajstić information content (AvgIpc) is 3.07. The van der Waals surface area contributed by atoms with Crippen LogP contribution < -0.4 is 0 Å². The molecule has 2 rings (SSSR count). The Hall–Kier alpha value is -1.52. The number of ether oxygens (including phenoxy) is 1. The molecule has 0 N–H and O–H groups in total. The van der Waals surface area contributed by atoms with E-state index in [1.807, 2.05) is 0 Å². The number of halogens is 3. The third-order valence-electron chi connectivity index (χ3n) is 3.25. The van der Waals surface area contributed by atoms with Crippen LogP contribution in [0.15, 0.2) is 24.3 Å². The van der Waals surface area contributed by atoms with Crippen molar-refractivity contribution in [1.29, 1.82) is 0 Å². The molecule has 0 spiro atoms. The molecule has 2 atom stereocenters. The Labute approximate surface area is 103 Å². The summed E-state index contributed by atoms with van der Waals surface area (Å²) in [6, 6.07) is 5.15. The number of hydrogen-bond acceptors (Lipinski definition) is 2. The van der Waals surface area contributed by atoms with Gasteiger partial charge in [0, 0.05) is 6.42 Å². The zero-order valence-electron chi connectivity index (χ0n) is 9.83. The molecule has 1 aromatic rings.